The van der Waals surface area contributed by atoms with Gasteiger partial charge in [0.2, 0.25) is 0 Å². The van der Waals surface area contributed by atoms with Gasteiger partial charge in [0, 0.05) is 24.1 Å². The standard InChI is InChI=1S/C13H11NO4/c1-8-6-9(15)2-3-11(8)14-5-4-12(16)10(7-14)13(17)18/h2-7,15H,1H3,(H,17,18). The molecule has 0 bridgehead atoms. The fraction of sp³-hybridized carbons (Fsp3) is 0.0769. The quantitative estimate of drug-likeness (QED) is 0.841. The van der Waals surface area contributed by atoms with Crippen LogP contribution < -0.4 is 5.43 Å². The van der Waals surface area contributed by atoms with Gasteiger partial charge in [-0.25, -0.2) is 4.79 Å². The lowest BCUT2D eigenvalue weighted by molar-refractivity contribution is 0.0695. The van der Waals surface area contributed by atoms with Crippen molar-refractivity contribution < 1.29 is 15.0 Å². The second-order valence-corrected chi connectivity index (χ2v) is 3.91. The maximum atomic E-state index is 11.3. The zero-order valence-electron chi connectivity index (χ0n) is 9.62. The Balaban J connectivity index is 2.61. The first kappa shape index (κ1) is 11.9. The number of nitrogens with zero attached hydrogens (tertiary/aromatic N) is 1. The van der Waals surface area contributed by atoms with Crippen molar-refractivity contribution >= 4 is 5.97 Å². The summed E-state index contributed by atoms with van der Waals surface area (Å²) in [5.41, 5.74) is 0.658. The van der Waals surface area contributed by atoms with Crippen LogP contribution in [-0.2, 0) is 0 Å². The Morgan fingerprint density at radius 3 is 2.61 bits per heavy atom. The number of phenolic OH excluding ortho intramolecular Hbond substituents is 1. The van der Waals surface area contributed by atoms with Crippen LogP contribution in [0.25, 0.3) is 5.69 Å². The molecule has 0 unspecified atom stereocenters. The van der Waals surface area contributed by atoms with Crippen LogP contribution in [0.15, 0.2) is 41.5 Å². The maximum Gasteiger partial charge on any atom is 0.341 e. The molecule has 0 aliphatic heterocycles. The minimum atomic E-state index is -1.26. The summed E-state index contributed by atoms with van der Waals surface area (Å²) in [6, 6.07) is 5.92. The van der Waals surface area contributed by atoms with Crippen molar-refractivity contribution in [2.24, 2.45) is 0 Å². The number of aryl methyl sites for hydroxylation is 1. The average Bonchev–Trinajstić information content (AvgIpc) is 2.30. The summed E-state index contributed by atoms with van der Waals surface area (Å²) in [5.74, 6) is -1.12. The molecule has 5 heteroatoms. The predicted octanol–water partition coefficient (Wildman–Crippen LogP) is 1.55. The first-order valence-corrected chi connectivity index (χ1v) is 5.24. The molecular weight excluding hydrogens is 234 g/mol. The lowest BCUT2D eigenvalue weighted by atomic mass is 10.1. The van der Waals surface area contributed by atoms with Gasteiger partial charge in [-0.15, -0.1) is 0 Å². The van der Waals surface area contributed by atoms with Gasteiger partial charge in [-0.1, -0.05) is 0 Å². The highest BCUT2D eigenvalue weighted by atomic mass is 16.4. The molecule has 0 spiro atoms. The van der Waals surface area contributed by atoms with E-state index in [0.717, 1.165) is 5.56 Å². The molecule has 1 heterocycles. The zero-order chi connectivity index (χ0) is 13.3. The Morgan fingerprint density at radius 1 is 1.28 bits per heavy atom. The third-order valence-electron chi connectivity index (χ3n) is 2.61. The number of benzene rings is 1. The summed E-state index contributed by atoms with van der Waals surface area (Å²) >= 11 is 0. The molecule has 0 fully saturated rings. The minimum absolute atomic E-state index is 0.135. The van der Waals surface area contributed by atoms with E-state index >= 15 is 0 Å². The van der Waals surface area contributed by atoms with Crippen LogP contribution in [-0.4, -0.2) is 20.7 Å². The Morgan fingerprint density at radius 2 is 2.00 bits per heavy atom. The Bertz CT molecular complexity index is 673. The van der Waals surface area contributed by atoms with E-state index in [1.165, 1.54) is 24.5 Å². The van der Waals surface area contributed by atoms with Gasteiger partial charge in [-0.05, 0) is 30.7 Å². The van der Waals surface area contributed by atoms with E-state index < -0.39 is 11.4 Å². The second kappa shape index (κ2) is 4.37. The van der Waals surface area contributed by atoms with E-state index in [2.05, 4.69) is 0 Å². The summed E-state index contributed by atoms with van der Waals surface area (Å²) in [5, 5.41) is 18.2. The van der Waals surface area contributed by atoms with E-state index in [0.29, 0.717) is 5.69 Å². The molecule has 2 rings (SSSR count). The van der Waals surface area contributed by atoms with E-state index in [9.17, 15) is 14.7 Å². The van der Waals surface area contributed by atoms with E-state index in [1.807, 2.05) is 0 Å². The Labute approximate surface area is 103 Å². The number of rotatable bonds is 2. The summed E-state index contributed by atoms with van der Waals surface area (Å²) in [6.45, 7) is 1.79. The van der Waals surface area contributed by atoms with Crippen LogP contribution in [0.3, 0.4) is 0 Å². The van der Waals surface area contributed by atoms with Crippen molar-refractivity contribution in [3.05, 3.63) is 58.0 Å². The van der Waals surface area contributed by atoms with Gasteiger partial charge < -0.3 is 14.8 Å². The van der Waals surface area contributed by atoms with Crippen molar-refractivity contribution in [3.63, 3.8) is 0 Å². The highest BCUT2D eigenvalue weighted by molar-refractivity contribution is 5.87. The number of carboxylic acids is 1. The SMILES string of the molecule is Cc1cc(O)ccc1-n1ccc(=O)c(C(=O)O)c1. The summed E-state index contributed by atoms with van der Waals surface area (Å²) in [4.78, 5) is 22.2. The van der Waals surface area contributed by atoms with Crippen LogP contribution in [0.2, 0.25) is 0 Å². The van der Waals surface area contributed by atoms with Crippen molar-refractivity contribution in [1.29, 1.82) is 0 Å². The molecule has 1 aromatic carbocycles. The summed E-state index contributed by atoms with van der Waals surface area (Å²) in [6.07, 6.45) is 2.76. The highest BCUT2D eigenvalue weighted by Crippen LogP contribution is 2.19. The zero-order valence-corrected chi connectivity index (χ0v) is 9.62. The molecule has 1 aromatic heterocycles. The number of hydrogen-bond donors (Lipinski definition) is 2. The van der Waals surface area contributed by atoms with Gasteiger partial charge in [0.1, 0.15) is 11.3 Å². The van der Waals surface area contributed by atoms with Crippen LogP contribution in [0.1, 0.15) is 15.9 Å². The monoisotopic (exact) mass is 245 g/mol. The smallest absolute Gasteiger partial charge is 0.341 e. The first-order valence-electron chi connectivity index (χ1n) is 5.24. The summed E-state index contributed by atoms with van der Waals surface area (Å²) in [7, 11) is 0. The number of pyridine rings is 1. The van der Waals surface area contributed by atoms with Gasteiger partial charge in [0.25, 0.3) is 0 Å². The largest absolute Gasteiger partial charge is 0.508 e. The predicted molar refractivity (Wildman–Crippen MR) is 65.4 cm³/mol. The van der Waals surface area contributed by atoms with Crippen molar-refractivity contribution in [2.75, 3.05) is 0 Å². The number of aromatic hydroxyl groups is 1. The average molecular weight is 245 g/mol. The summed E-state index contributed by atoms with van der Waals surface area (Å²) < 4.78 is 1.54. The topological polar surface area (TPSA) is 79.5 Å². The molecule has 5 nitrogen and oxygen atoms in total. The number of aromatic nitrogens is 1. The van der Waals surface area contributed by atoms with Gasteiger partial charge in [-0.3, -0.25) is 4.79 Å². The lowest BCUT2D eigenvalue weighted by Gasteiger charge is -2.10. The lowest BCUT2D eigenvalue weighted by Crippen LogP contribution is -2.16. The number of aromatic carboxylic acids is 1. The fourth-order valence-corrected chi connectivity index (χ4v) is 1.72. The van der Waals surface area contributed by atoms with Crippen molar-refractivity contribution in [3.8, 4) is 11.4 Å². The Hall–Kier alpha value is -2.56. The molecule has 92 valence electrons. The van der Waals surface area contributed by atoms with Crippen LogP contribution in [0, 0.1) is 6.92 Å². The van der Waals surface area contributed by atoms with Gasteiger partial charge >= 0.3 is 5.97 Å². The molecule has 0 aliphatic rings. The van der Waals surface area contributed by atoms with Gasteiger partial charge in [-0.2, -0.15) is 0 Å². The van der Waals surface area contributed by atoms with E-state index in [1.54, 1.807) is 23.6 Å². The molecule has 0 radical (unpaired) electrons. The molecule has 0 atom stereocenters. The molecule has 2 N–H and O–H groups in total. The third-order valence-corrected chi connectivity index (χ3v) is 2.61. The Kier molecular flexibility index (Phi) is 2.89. The van der Waals surface area contributed by atoms with Crippen LogP contribution >= 0.6 is 0 Å². The third kappa shape index (κ3) is 2.10. The van der Waals surface area contributed by atoms with E-state index in [4.69, 9.17) is 5.11 Å². The number of hydrogen-bond acceptors (Lipinski definition) is 3. The van der Waals surface area contributed by atoms with Crippen LogP contribution in [0.5, 0.6) is 5.75 Å². The number of carboxylic acid groups (broad SMARTS) is 1. The van der Waals surface area contributed by atoms with Crippen molar-refractivity contribution in [2.45, 2.75) is 6.92 Å². The number of carbonyl (C=O) groups is 1. The van der Waals surface area contributed by atoms with Gasteiger partial charge in [0.05, 0.1) is 0 Å². The minimum Gasteiger partial charge on any atom is -0.508 e. The molecule has 0 aliphatic carbocycles. The molecule has 0 amide bonds. The second-order valence-electron chi connectivity index (χ2n) is 3.91. The molecular formula is C13H11NO4. The van der Waals surface area contributed by atoms with Crippen LogP contribution in [0.4, 0.5) is 0 Å². The maximum absolute atomic E-state index is 11.3. The van der Waals surface area contributed by atoms with E-state index in [-0.39, 0.29) is 11.3 Å². The molecule has 2 aromatic rings. The molecule has 0 saturated heterocycles. The van der Waals surface area contributed by atoms with Gasteiger partial charge in [0.15, 0.2) is 5.43 Å². The molecule has 0 saturated carbocycles. The van der Waals surface area contributed by atoms with Crippen molar-refractivity contribution in [1.82, 2.24) is 4.57 Å². The highest BCUT2D eigenvalue weighted by Gasteiger charge is 2.10. The normalized spacial score (nSPS) is 10.3. The molecule has 18 heavy (non-hydrogen) atoms. The number of phenols is 1. The fourth-order valence-electron chi connectivity index (χ4n) is 1.72. The first-order chi connectivity index (χ1) is 8.49.